The third-order valence-electron chi connectivity index (χ3n) is 11.1. The topological polar surface area (TPSA) is 9.23 Å². The van der Waals surface area contributed by atoms with Gasteiger partial charge in [-0.05, 0) is 84.9 Å². The van der Waals surface area contributed by atoms with Gasteiger partial charge in [-0.3, -0.25) is 0 Å². The first-order chi connectivity index (χ1) is 26.6. The Morgan fingerprint density at radius 2 is 0.537 bits per heavy atom. The summed E-state index contributed by atoms with van der Waals surface area (Å²) in [5, 5.41) is 10.3. The highest BCUT2D eigenvalue weighted by Gasteiger charge is 2.55. The van der Waals surface area contributed by atoms with Crippen LogP contribution in [0.25, 0.3) is 0 Å². The van der Waals surface area contributed by atoms with Crippen molar-refractivity contribution >= 4 is 57.0 Å². The summed E-state index contributed by atoms with van der Waals surface area (Å²) in [4.78, 5) is 0. The molecule has 1 heterocycles. The number of rotatable bonds is 8. The summed E-state index contributed by atoms with van der Waals surface area (Å²) in [6.45, 7) is 4.75. The summed E-state index contributed by atoms with van der Waals surface area (Å²) in [5.74, 6) is 1.94. The fourth-order valence-corrected chi connectivity index (χ4v) is 17.4. The molecular formula is C51H42OP2+2. The lowest BCUT2D eigenvalue weighted by Crippen LogP contribution is -2.42. The maximum atomic E-state index is 7.77. The molecule has 260 valence electrons. The first-order valence-corrected chi connectivity index (χ1v) is 22.2. The van der Waals surface area contributed by atoms with Gasteiger partial charge in [0.05, 0.1) is 0 Å². The van der Waals surface area contributed by atoms with Gasteiger partial charge in [-0.2, -0.15) is 0 Å². The fourth-order valence-electron chi connectivity index (χ4n) is 8.66. The Hall–Kier alpha value is -5.58. The maximum Gasteiger partial charge on any atom is 0.174 e. The van der Waals surface area contributed by atoms with Gasteiger partial charge in [0.2, 0.25) is 0 Å². The van der Waals surface area contributed by atoms with Crippen molar-refractivity contribution in [2.75, 3.05) is 0 Å². The molecule has 8 aromatic carbocycles. The van der Waals surface area contributed by atoms with Gasteiger partial charge in [-0.25, -0.2) is 0 Å². The second-order valence-corrected chi connectivity index (χ2v) is 21.1. The zero-order valence-corrected chi connectivity index (χ0v) is 32.4. The molecule has 1 aliphatic heterocycles. The van der Waals surface area contributed by atoms with E-state index in [0.717, 1.165) is 11.5 Å². The quantitative estimate of drug-likeness (QED) is 0.142. The molecule has 54 heavy (non-hydrogen) atoms. The summed E-state index contributed by atoms with van der Waals surface area (Å²) in [6.07, 6.45) is 0. The van der Waals surface area contributed by atoms with Crippen LogP contribution in [0.1, 0.15) is 25.0 Å². The van der Waals surface area contributed by atoms with Crippen LogP contribution >= 0.6 is 14.5 Å². The van der Waals surface area contributed by atoms with Crippen molar-refractivity contribution in [1.82, 2.24) is 0 Å². The van der Waals surface area contributed by atoms with Gasteiger partial charge in [0, 0.05) is 16.5 Å². The molecule has 9 rings (SSSR count). The van der Waals surface area contributed by atoms with E-state index >= 15 is 0 Å². The van der Waals surface area contributed by atoms with Crippen molar-refractivity contribution in [3.8, 4) is 11.5 Å². The summed E-state index contributed by atoms with van der Waals surface area (Å²) in [5.41, 5.74) is 2.06. The highest BCUT2D eigenvalue weighted by Crippen LogP contribution is 2.62. The summed E-state index contributed by atoms with van der Waals surface area (Å²) < 4.78 is 7.77. The number of ether oxygens (including phenoxy) is 1. The van der Waals surface area contributed by atoms with Crippen LogP contribution in [-0.4, -0.2) is 0 Å². The summed E-state index contributed by atoms with van der Waals surface area (Å²) in [6, 6.07) is 80.5. The first-order valence-electron chi connectivity index (χ1n) is 18.6. The molecule has 0 atom stereocenters. The number of fused-ring (bicyclic) bond motifs is 2. The van der Waals surface area contributed by atoms with Crippen molar-refractivity contribution in [3.05, 3.63) is 230 Å². The standard InChI is InChI=1S/C51H42OP2/c1-51(2)45-35-21-37-47(53(39-23-9-3-10-24-39,40-25-11-4-12-26-40)41-27-13-5-14-28-41)49(45)52-50-46(51)36-22-38-48(50)54(42-29-15-6-16-30-42,43-31-17-7-18-32-43)44-33-19-8-20-34-44/h3-38H,1-2H3/q+2. The van der Waals surface area contributed by atoms with Gasteiger partial charge in [0.25, 0.3) is 0 Å². The van der Waals surface area contributed by atoms with Crippen LogP contribution in [-0.2, 0) is 5.41 Å². The molecule has 1 aliphatic rings. The van der Waals surface area contributed by atoms with Gasteiger partial charge in [-0.15, -0.1) is 0 Å². The maximum absolute atomic E-state index is 7.77. The summed E-state index contributed by atoms with van der Waals surface area (Å²) >= 11 is 0. The Bertz CT molecular complexity index is 2150. The van der Waals surface area contributed by atoms with Crippen molar-refractivity contribution < 1.29 is 4.74 Å². The van der Waals surface area contributed by atoms with Crippen LogP contribution < -0.4 is 47.2 Å². The lowest BCUT2D eigenvalue weighted by molar-refractivity contribution is 0.425. The van der Waals surface area contributed by atoms with E-state index in [2.05, 4.69) is 232 Å². The van der Waals surface area contributed by atoms with E-state index in [1.54, 1.807) is 0 Å². The molecule has 1 nitrogen and oxygen atoms in total. The minimum absolute atomic E-state index is 0.353. The van der Waals surface area contributed by atoms with Crippen LogP contribution in [0.2, 0.25) is 0 Å². The number of para-hydroxylation sites is 2. The molecule has 3 heteroatoms. The lowest BCUT2D eigenvalue weighted by Gasteiger charge is -2.39. The number of hydrogen-bond donors (Lipinski definition) is 0. The minimum atomic E-state index is -2.48. The van der Waals surface area contributed by atoms with Crippen LogP contribution in [0, 0.1) is 0 Å². The Morgan fingerprint density at radius 3 is 0.778 bits per heavy atom. The molecule has 0 bridgehead atoms. The Balaban J connectivity index is 1.39. The summed E-state index contributed by atoms with van der Waals surface area (Å²) in [7, 11) is -4.96. The van der Waals surface area contributed by atoms with Gasteiger partial charge in [-0.1, -0.05) is 147 Å². The molecule has 0 amide bonds. The van der Waals surface area contributed by atoms with E-state index in [9.17, 15) is 0 Å². The number of hydrogen-bond acceptors (Lipinski definition) is 1. The van der Waals surface area contributed by atoms with E-state index in [0.29, 0.717) is 0 Å². The SMILES string of the molecule is CC1(C)c2cccc([P+](c3ccccc3)(c3ccccc3)c3ccccc3)c2Oc2c1cccc2[P+](c1ccccc1)(c1ccccc1)c1ccccc1. The normalized spacial score (nSPS) is 13.3. The molecule has 0 radical (unpaired) electrons. The smallest absolute Gasteiger partial charge is 0.174 e. The molecule has 0 saturated heterocycles. The molecule has 0 N–H and O–H groups in total. The Morgan fingerprint density at radius 1 is 0.296 bits per heavy atom. The largest absolute Gasteiger partial charge is 0.448 e. The van der Waals surface area contributed by atoms with Crippen LogP contribution in [0.3, 0.4) is 0 Å². The monoisotopic (exact) mass is 732 g/mol. The van der Waals surface area contributed by atoms with Crippen LogP contribution in [0.4, 0.5) is 0 Å². The van der Waals surface area contributed by atoms with E-state index in [1.165, 1.54) is 53.6 Å². The van der Waals surface area contributed by atoms with Gasteiger partial charge in [0.15, 0.2) is 22.1 Å². The molecule has 0 spiro atoms. The zero-order chi connectivity index (χ0) is 36.6. The van der Waals surface area contributed by atoms with Crippen molar-refractivity contribution in [2.45, 2.75) is 19.3 Å². The third-order valence-corrected chi connectivity index (χ3v) is 19.7. The van der Waals surface area contributed by atoms with E-state index in [-0.39, 0.29) is 5.41 Å². The molecule has 0 saturated carbocycles. The Labute approximate surface area is 320 Å². The van der Waals surface area contributed by atoms with E-state index < -0.39 is 14.5 Å². The first kappa shape index (κ1) is 34.2. The van der Waals surface area contributed by atoms with Gasteiger partial charge >= 0.3 is 0 Å². The van der Waals surface area contributed by atoms with E-state index in [4.69, 9.17) is 4.74 Å². The van der Waals surface area contributed by atoms with Gasteiger partial charge in [0.1, 0.15) is 46.4 Å². The molecule has 0 fully saturated rings. The predicted molar refractivity (Wildman–Crippen MR) is 235 cm³/mol. The second-order valence-electron chi connectivity index (χ2n) is 14.4. The highest BCUT2D eigenvalue weighted by atomic mass is 31.2. The van der Waals surface area contributed by atoms with Gasteiger partial charge < -0.3 is 4.74 Å². The van der Waals surface area contributed by atoms with Crippen molar-refractivity contribution in [1.29, 1.82) is 0 Å². The third kappa shape index (κ3) is 5.30. The predicted octanol–water partition coefficient (Wildman–Crippen LogP) is 9.36. The van der Waals surface area contributed by atoms with Crippen LogP contribution in [0.15, 0.2) is 218 Å². The van der Waals surface area contributed by atoms with Crippen molar-refractivity contribution in [3.63, 3.8) is 0 Å². The average Bonchev–Trinajstić information content (AvgIpc) is 3.24. The molecule has 0 aliphatic carbocycles. The molecule has 0 unspecified atom stereocenters. The molecule has 0 aromatic heterocycles. The minimum Gasteiger partial charge on any atom is -0.448 e. The lowest BCUT2D eigenvalue weighted by atomic mass is 9.76. The second kappa shape index (κ2) is 14.0. The highest BCUT2D eigenvalue weighted by molar-refractivity contribution is 8.02. The molecular weight excluding hydrogens is 691 g/mol. The number of benzene rings is 8. The van der Waals surface area contributed by atoms with Crippen molar-refractivity contribution in [2.24, 2.45) is 0 Å². The van der Waals surface area contributed by atoms with Crippen LogP contribution in [0.5, 0.6) is 11.5 Å². The van der Waals surface area contributed by atoms with E-state index in [1.807, 2.05) is 0 Å². The Kier molecular flexibility index (Phi) is 8.87. The fraction of sp³-hybridized carbons (Fsp3) is 0.0588. The average molecular weight is 733 g/mol. The zero-order valence-electron chi connectivity index (χ0n) is 30.6. The molecule has 8 aromatic rings.